The molecule has 0 bridgehead atoms. The maximum atomic E-state index is 13.0. The first-order valence-electron chi connectivity index (χ1n) is 9.67. The number of rotatable bonds is 3. The van der Waals surface area contributed by atoms with Crippen molar-refractivity contribution in [3.05, 3.63) is 46.2 Å². The standard InChI is InChI=1S/C21H22ClN5OS2/c1-21(11-30(3,28)27(2)20(23)26-21)19-16(22)14-8-9-24-17(18(14)29-19)13-6-7-15(25-10-13)12-4-5-12/h6-10,12H,3-5,11H2,1-2H3,(H2,23,26)/t21-,30?/m0/s1. The van der Waals surface area contributed by atoms with Gasteiger partial charge in [0, 0.05) is 42.0 Å². The lowest BCUT2D eigenvalue weighted by molar-refractivity contribution is 0.522. The molecule has 0 amide bonds. The molecule has 1 aliphatic carbocycles. The molecule has 0 radical (unpaired) electrons. The van der Waals surface area contributed by atoms with Crippen LogP contribution in [0.4, 0.5) is 0 Å². The molecule has 4 heterocycles. The minimum absolute atomic E-state index is 0.204. The Balaban J connectivity index is 1.65. The first-order valence-corrected chi connectivity index (χ1v) is 12.7. The molecule has 156 valence electrons. The summed E-state index contributed by atoms with van der Waals surface area (Å²) in [5, 5.41) is 1.50. The van der Waals surface area contributed by atoms with E-state index in [2.05, 4.69) is 33.0 Å². The molecule has 0 spiro atoms. The minimum atomic E-state index is -2.59. The molecular formula is C21H22ClN5OS2. The molecule has 3 aromatic heterocycles. The lowest BCUT2D eigenvalue weighted by atomic mass is 10.0. The van der Waals surface area contributed by atoms with Crippen LogP contribution in [0.5, 0.6) is 0 Å². The third kappa shape index (κ3) is 3.09. The average molecular weight is 460 g/mol. The Morgan fingerprint density at radius 1 is 1.33 bits per heavy atom. The molecule has 1 fully saturated rings. The fourth-order valence-electron chi connectivity index (χ4n) is 3.89. The summed E-state index contributed by atoms with van der Waals surface area (Å²) in [6.45, 7) is 1.91. The molecule has 2 N–H and O–H groups in total. The van der Waals surface area contributed by atoms with Gasteiger partial charge in [-0.15, -0.1) is 11.3 Å². The molecule has 30 heavy (non-hydrogen) atoms. The smallest absolute Gasteiger partial charge is 0.203 e. The first kappa shape index (κ1) is 19.8. The van der Waals surface area contributed by atoms with Gasteiger partial charge in [-0.2, -0.15) is 0 Å². The highest BCUT2D eigenvalue weighted by atomic mass is 35.5. The van der Waals surface area contributed by atoms with E-state index in [9.17, 15) is 4.21 Å². The van der Waals surface area contributed by atoms with E-state index in [1.807, 2.05) is 19.2 Å². The van der Waals surface area contributed by atoms with Crippen LogP contribution in [0, 0.1) is 0 Å². The summed E-state index contributed by atoms with van der Waals surface area (Å²) in [5.74, 6) is 4.94. The van der Waals surface area contributed by atoms with E-state index in [0.717, 1.165) is 31.9 Å². The second-order valence-corrected chi connectivity index (χ2v) is 12.0. The zero-order valence-electron chi connectivity index (χ0n) is 16.8. The van der Waals surface area contributed by atoms with Gasteiger partial charge in [0.1, 0.15) is 5.54 Å². The number of hydrogen-bond donors (Lipinski definition) is 1. The van der Waals surface area contributed by atoms with E-state index < -0.39 is 15.2 Å². The highest BCUT2D eigenvalue weighted by Crippen LogP contribution is 2.47. The molecule has 3 aromatic rings. The molecule has 2 aliphatic rings. The zero-order valence-corrected chi connectivity index (χ0v) is 19.2. The largest absolute Gasteiger partial charge is 0.369 e. The van der Waals surface area contributed by atoms with Crippen LogP contribution in [-0.4, -0.2) is 43.1 Å². The number of fused-ring (bicyclic) bond motifs is 1. The van der Waals surface area contributed by atoms with Crippen LogP contribution in [0.15, 0.2) is 35.6 Å². The molecular weight excluding hydrogens is 438 g/mol. The van der Waals surface area contributed by atoms with Crippen LogP contribution < -0.4 is 5.73 Å². The Kier molecular flexibility index (Phi) is 4.40. The van der Waals surface area contributed by atoms with Crippen molar-refractivity contribution in [2.24, 2.45) is 10.7 Å². The van der Waals surface area contributed by atoms with Gasteiger partial charge in [-0.1, -0.05) is 11.6 Å². The minimum Gasteiger partial charge on any atom is -0.369 e. The Bertz CT molecular complexity index is 1290. The number of nitrogens with two attached hydrogens (primary N) is 1. The van der Waals surface area contributed by atoms with Gasteiger partial charge < -0.3 is 5.73 Å². The van der Waals surface area contributed by atoms with Gasteiger partial charge in [-0.05, 0) is 43.8 Å². The van der Waals surface area contributed by atoms with Gasteiger partial charge in [-0.25, -0.2) is 9.20 Å². The van der Waals surface area contributed by atoms with E-state index in [4.69, 9.17) is 17.3 Å². The Morgan fingerprint density at radius 2 is 2.10 bits per heavy atom. The Labute approximate surface area is 185 Å². The molecule has 0 saturated heterocycles. The monoisotopic (exact) mass is 459 g/mol. The average Bonchev–Trinajstić information content (AvgIpc) is 3.49. The number of aromatic nitrogens is 2. The predicted octanol–water partition coefficient (Wildman–Crippen LogP) is 4.00. The SMILES string of the molecule is C=S1(=O)C[C@@](C)(c2sc3c(-c4ccc(C5CC5)nc4)nccc3c2Cl)N=C(N)N1C. The molecule has 1 unspecified atom stereocenters. The summed E-state index contributed by atoms with van der Waals surface area (Å²) in [6, 6.07) is 6.07. The molecule has 1 saturated carbocycles. The van der Waals surface area contributed by atoms with Gasteiger partial charge in [-0.3, -0.25) is 14.3 Å². The van der Waals surface area contributed by atoms with Crippen molar-refractivity contribution < 1.29 is 4.21 Å². The number of thiophene rings is 1. The van der Waals surface area contributed by atoms with Gasteiger partial charge in [0.2, 0.25) is 5.96 Å². The summed E-state index contributed by atoms with van der Waals surface area (Å²) >= 11 is 8.34. The van der Waals surface area contributed by atoms with Crippen LogP contribution >= 0.6 is 22.9 Å². The maximum absolute atomic E-state index is 13.0. The molecule has 2 atom stereocenters. The van der Waals surface area contributed by atoms with Crippen LogP contribution in [0.2, 0.25) is 5.02 Å². The third-order valence-corrected chi connectivity index (χ3v) is 9.95. The van der Waals surface area contributed by atoms with Crippen molar-refractivity contribution in [2.45, 2.75) is 31.2 Å². The Hall–Kier alpha value is -2.16. The molecule has 0 aromatic carbocycles. The second-order valence-electron chi connectivity index (χ2n) is 8.19. The number of aliphatic imine (C=N–C) groups is 1. The van der Waals surface area contributed by atoms with E-state index in [1.165, 1.54) is 28.5 Å². The third-order valence-electron chi connectivity index (χ3n) is 5.78. The fraction of sp³-hybridized carbons (Fsp3) is 0.333. The topological polar surface area (TPSA) is 84.5 Å². The normalized spacial score (nSPS) is 26.8. The van der Waals surface area contributed by atoms with Crippen LogP contribution in [0.3, 0.4) is 0 Å². The summed E-state index contributed by atoms with van der Waals surface area (Å²) in [7, 11) is -0.937. The van der Waals surface area contributed by atoms with Crippen molar-refractivity contribution in [3.8, 4) is 11.3 Å². The number of nitrogens with zero attached hydrogens (tertiary/aromatic N) is 4. The quantitative estimate of drug-likeness (QED) is 0.600. The van der Waals surface area contributed by atoms with E-state index in [-0.39, 0.29) is 11.7 Å². The van der Waals surface area contributed by atoms with Gasteiger partial charge >= 0.3 is 0 Å². The highest BCUT2D eigenvalue weighted by molar-refractivity contribution is 7.98. The van der Waals surface area contributed by atoms with Gasteiger partial charge in [0.15, 0.2) is 0 Å². The van der Waals surface area contributed by atoms with Crippen LogP contribution in [0.25, 0.3) is 21.3 Å². The lowest BCUT2D eigenvalue weighted by Crippen LogP contribution is -2.50. The zero-order chi connectivity index (χ0) is 21.3. The summed E-state index contributed by atoms with van der Waals surface area (Å²) in [6.07, 6.45) is 6.08. The van der Waals surface area contributed by atoms with Crippen LogP contribution in [0.1, 0.15) is 36.3 Å². The number of hydrogen-bond acceptors (Lipinski definition) is 6. The fourth-order valence-corrected chi connectivity index (χ4v) is 7.47. The van der Waals surface area contributed by atoms with Gasteiger partial charge in [0.05, 0.1) is 35.8 Å². The lowest BCUT2D eigenvalue weighted by Gasteiger charge is -2.36. The van der Waals surface area contributed by atoms with Gasteiger partial charge in [0.25, 0.3) is 0 Å². The molecule has 5 rings (SSSR count). The first-order chi connectivity index (χ1) is 14.2. The number of guanidine groups is 1. The van der Waals surface area contributed by atoms with Crippen LogP contribution in [-0.2, 0) is 15.2 Å². The second kappa shape index (κ2) is 6.67. The summed E-state index contributed by atoms with van der Waals surface area (Å²) < 4.78 is 15.5. The van der Waals surface area contributed by atoms with E-state index in [0.29, 0.717) is 10.9 Å². The summed E-state index contributed by atoms with van der Waals surface area (Å²) in [4.78, 5) is 14.7. The molecule has 1 aliphatic heterocycles. The highest BCUT2D eigenvalue weighted by Gasteiger charge is 2.40. The van der Waals surface area contributed by atoms with Crippen molar-refractivity contribution >= 4 is 54.6 Å². The van der Waals surface area contributed by atoms with Crippen molar-refractivity contribution in [1.29, 1.82) is 0 Å². The Morgan fingerprint density at radius 3 is 2.73 bits per heavy atom. The number of halogens is 1. The summed E-state index contributed by atoms with van der Waals surface area (Å²) in [5.41, 5.74) is 8.19. The molecule has 9 heteroatoms. The van der Waals surface area contributed by atoms with E-state index in [1.54, 1.807) is 13.2 Å². The molecule has 6 nitrogen and oxygen atoms in total. The van der Waals surface area contributed by atoms with Crippen molar-refractivity contribution in [3.63, 3.8) is 0 Å². The van der Waals surface area contributed by atoms with E-state index >= 15 is 0 Å². The van der Waals surface area contributed by atoms with Crippen molar-refractivity contribution in [2.75, 3.05) is 12.8 Å². The predicted molar refractivity (Wildman–Crippen MR) is 127 cm³/mol. The number of pyridine rings is 2. The van der Waals surface area contributed by atoms with Crippen molar-refractivity contribution in [1.82, 2.24) is 14.3 Å². The maximum Gasteiger partial charge on any atom is 0.203 e.